The summed E-state index contributed by atoms with van der Waals surface area (Å²) in [5.41, 5.74) is -0.675. The summed E-state index contributed by atoms with van der Waals surface area (Å²) in [6.45, 7) is 14.3. The van der Waals surface area contributed by atoms with Gasteiger partial charge in [0.05, 0.1) is 5.54 Å². The van der Waals surface area contributed by atoms with E-state index in [1.54, 1.807) is 5.23 Å². The van der Waals surface area contributed by atoms with Crippen molar-refractivity contribution in [2.75, 3.05) is 0 Å². The Kier molecular flexibility index (Phi) is 2.26. The van der Waals surface area contributed by atoms with E-state index in [1.807, 2.05) is 27.7 Å². The molecule has 3 nitrogen and oxygen atoms in total. The maximum Gasteiger partial charge on any atom is 0.117 e. The molecule has 0 bridgehead atoms. The molecule has 1 fully saturated rings. The van der Waals surface area contributed by atoms with Crippen LogP contribution in [0.4, 0.5) is 0 Å². The van der Waals surface area contributed by atoms with Crippen molar-refractivity contribution >= 4 is 0 Å². The van der Waals surface area contributed by atoms with Gasteiger partial charge in [-0.1, -0.05) is 5.23 Å². The number of rotatable bonds is 0. The van der Waals surface area contributed by atoms with Gasteiger partial charge < -0.3 is 0 Å². The predicted molar refractivity (Wildman–Crippen MR) is 51.9 cm³/mol. The third-order valence-electron chi connectivity index (χ3n) is 2.62. The molecule has 1 heterocycles. The number of hydrogen-bond acceptors (Lipinski definition) is 3. The van der Waals surface area contributed by atoms with E-state index in [-0.39, 0.29) is 16.7 Å². The lowest BCUT2D eigenvalue weighted by atomic mass is 9.90. The Balaban J connectivity index is 2.83. The lowest BCUT2D eigenvalue weighted by Crippen LogP contribution is -2.41. The van der Waals surface area contributed by atoms with Crippen LogP contribution in [0.25, 0.3) is 0 Å². The van der Waals surface area contributed by atoms with E-state index in [1.165, 1.54) is 0 Å². The van der Waals surface area contributed by atoms with Gasteiger partial charge in [0.15, 0.2) is 0 Å². The first-order chi connectivity index (χ1) is 5.56. The molecule has 13 heavy (non-hydrogen) atoms. The van der Waals surface area contributed by atoms with E-state index in [4.69, 9.17) is 9.68 Å². The zero-order valence-corrected chi connectivity index (χ0v) is 9.76. The molecule has 1 saturated heterocycles. The van der Waals surface area contributed by atoms with Crippen LogP contribution < -0.4 is 0 Å². The van der Waals surface area contributed by atoms with E-state index >= 15 is 0 Å². The van der Waals surface area contributed by atoms with Crippen LogP contribution in [0.1, 0.15) is 48.5 Å². The minimum Gasteiger partial charge on any atom is -0.264 e. The average molecular weight is 187 g/mol. The van der Waals surface area contributed by atoms with Gasteiger partial charge in [-0.25, -0.2) is 0 Å². The molecule has 1 aliphatic heterocycles. The highest BCUT2D eigenvalue weighted by Gasteiger charge is 2.52. The number of hydrogen-bond donors (Lipinski definition) is 0. The SMILES string of the molecule is CC(C)(C)N1OC(C)(C)C(C)(C)O1. The van der Waals surface area contributed by atoms with Crippen LogP contribution in [0, 0.1) is 0 Å². The van der Waals surface area contributed by atoms with Gasteiger partial charge in [-0.3, -0.25) is 9.68 Å². The van der Waals surface area contributed by atoms with Crippen LogP contribution in [-0.4, -0.2) is 22.0 Å². The normalized spacial score (nSPS) is 27.9. The molecule has 0 radical (unpaired) electrons. The van der Waals surface area contributed by atoms with Crippen LogP contribution in [-0.2, 0) is 9.68 Å². The van der Waals surface area contributed by atoms with Crippen molar-refractivity contribution in [2.45, 2.75) is 65.2 Å². The summed E-state index contributed by atoms with van der Waals surface area (Å²) in [6.07, 6.45) is 0. The Hall–Kier alpha value is -0.120. The maximum absolute atomic E-state index is 5.74. The maximum atomic E-state index is 5.74. The summed E-state index contributed by atoms with van der Waals surface area (Å²) in [5, 5.41) is 1.60. The molecule has 0 aromatic carbocycles. The number of hydroxylamine groups is 2. The lowest BCUT2D eigenvalue weighted by molar-refractivity contribution is -0.369. The Morgan fingerprint density at radius 1 is 0.846 bits per heavy atom. The smallest absolute Gasteiger partial charge is 0.117 e. The first kappa shape index (κ1) is 11.0. The summed E-state index contributed by atoms with van der Waals surface area (Å²) < 4.78 is 0. The molecule has 0 aliphatic carbocycles. The standard InChI is InChI=1S/C10H21NO2/c1-8(2,3)11-12-9(4,5)10(6,7)13-11/h1-7H3. The first-order valence-corrected chi connectivity index (χ1v) is 4.75. The average Bonchev–Trinajstić information content (AvgIpc) is 2.00. The Labute approximate surface area is 80.9 Å². The molecule has 0 N–H and O–H groups in total. The second kappa shape index (κ2) is 2.69. The first-order valence-electron chi connectivity index (χ1n) is 4.75. The van der Waals surface area contributed by atoms with Crippen molar-refractivity contribution in [2.24, 2.45) is 0 Å². The highest BCUT2D eigenvalue weighted by atomic mass is 17.0. The van der Waals surface area contributed by atoms with Gasteiger partial charge in [-0.15, -0.1) is 0 Å². The number of nitrogens with zero attached hydrogens (tertiary/aromatic N) is 1. The molecule has 78 valence electrons. The fourth-order valence-corrected chi connectivity index (χ4v) is 0.927. The fourth-order valence-electron chi connectivity index (χ4n) is 0.927. The molecule has 0 aromatic heterocycles. The minimum absolute atomic E-state index is 0.120. The molecule has 0 aromatic rings. The van der Waals surface area contributed by atoms with Crippen LogP contribution in [0.5, 0.6) is 0 Å². The van der Waals surface area contributed by atoms with E-state index in [2.05, 4.69) is 20.8 Å². The van der Waals surface area contributed by atoms with Crippen molar-refractivity contribution in [3.05, 3.63) is 0 Å². The molecule has 1 rings (SSSR count). The van der Waals surface area contributed by atoms with Gasteiger partial charge in [0.1, 0.15) is 11.2 Å². The second-order valence-corrected chi connectivity index (χ2v) is 5.63. The molecule has 0 amide bonds. The monoisotopic (exact) mass is 187 g/mol. The van der Waals surface area contributed by atoms with Gasteiger partial charge in [0, 0.05) is 0 Å². The second-order valence-electron chi connectivity index (χ2n) is 5.63. The van der Waals surface area contributed by atoms with Crippen LogP contribution in [0.15, 0.2) is 0 Å². The van der Waals surface area contributed by atoms with Crippen LogP contribution in [0.3, 0.4) is 0 Å². The third-order valence-corrected chi connectivity index (χ3v) is 2.62. The zero-order chi connectivity index (χ0) is 10.5. The van der Waals surface area contributed by atoms with Gasteiger partial charge in [0.2, 0.25) is 0 Å². The van der Waals surface area contributed by atoms with Gasteiger partial charge in [-0.05, 0) is 48.5 Å². The van der Waals surface area contributed by atoms with Gasteiger partial charge in [-0.2, -0.15) is 0 Å². The third kappa shape index (κ3) is 1.87. The topological polar surface area (TPSA) is 21.7 Å². The van der Waals surface area contributed by atoms with E-state index < -0.39 is 0 Å². The molecule has 0 unspecified atom stereocenters. The minimum atomic E-state index is -0.278. The summed E-state index contributed by atoms with van der Waals surface area (Å²) >= 11 is 0. The van der Waals surface area contributed by atoms with Crippen molar-refractivity contribution in [3.63, 3.8) is 0 Å². The predicted octanol–water partition coefficient (Wildman–Crippen LogP) is 2.52. The van der Waals surface area contributed by atoms with E-state index in [0.29, 0.717) is 0 Å². The lowest BCUT2D eigenvalue weighted by Gasteiger charge is -2.28. The van der Waals surface area contributed by atoms with Crippen molar-refractivity contribution in [3.8, 4) is 0 Å². The molecule has 0 spiro atoms. The zero-order valence-electron chi connectivity index (χ0n) is 9.76. The van der Waals surface area contributed by atoms with Crippen LogP contribution >= 0.6 is 0 Å². The molecule has 3 heteroatoms. The van der Waals surface area contributed by atoms with Crippen molar-refractivity contribution in [1.29, 1.82) is 0 Å². The van der Waals surface area contributed by atoms with E-state index in [9.17, 15) is 0 Å². The summed E-state index contributed by atoms with van der Waals surface area (Å²) in [7, 11) is 0. The molecule has 0 saturated carbocycles. The summed E-state index contributed by atoms with van der Waals surface area (Å²) in [6, 6.07) is 0. The Morgan fingerprint density at radius 2 is 1.15 bits per heavy atom. The van der Waals surface area contributed by atoms with E-state index in [0.717, 1.165) is 0 Å². The quantitative estimate of drug-likeness (QED) is 0.581. The van der Waals surface area contributed by atoms with Gasteiger partial charge in [0.25, 0.3) is 0 Å². The summed E-state index contributed by atoms with van der Waals surface area (Å²) in [4.78, 5) is 11.5. The molecular formula is C10H21NO2. The van der Waals surface area contributed by atoms with Crippen molar-refractivity contribution in [1.82, 2.24) is 5.23 Å². The van der Waals surface area contributed by atoms with Crippen LogP contribution in [0.2, 0.25) is 0 Å². The van der Waals surface area contributed by atoms with Crippen molar-refractivity contribution < 1.29 is 9.68 Å². The fraction of sp³-hybridized carbons (Fsp3) is 1.00. The highest BCUT2D eigenvalue weighted by molar-refractivity contribution is 4.92. The highest BCUT2D eigenvalue weighted by Crippen LogP contribution is 2.40. The largest absolute Gasteiger partial charge is 0.264 e. The molecular weight excluding hydrogens is 166 g/mol. The molecule has 0 atom stereocenters. The molecule has 1 aliphatic rings. The summed E-state index contributed by atoms with van der Waals surface area (Å²) in [5.74, 6) is 0. The Morgan fingerprint density at radius 3 is 1.31 bits per heavy atom. The van der Waals surface area contributed by atoms with Gasteiger partial charge >= 0.3 is 0 Å². The Bertz CT molecular complexity index is 187.